The van der Waals surface area contributed by atoms with Crippen molar-refractivity contribution in [2.45, 2.75) is 52.5 Å². The zero-order chi connectivity index (χ0) is 21.6. The van der Waals surface area contributed by atoms with Gasteiger partial charge in [0.2, 0.25) is 5.91 Å². The first-order valence-corrected chi connectivity index (χ1v) is 11.0. The second kappa shape index (κ2) is 7.86. The van der Waals surface area contributed by atoms with Crippen molar-refractivity contribution in [1.29, 1.82) is 0 Å². The van der Waals surface area contributed by atoms with Crippen LogP contribution in [0.25, 0.3) is 5.70 Å². The van der Waals surface area contributed by atoms with Crippen LogP contribution in [-0.4, -0.2) is 30.4 Å². The molecule has 1 heterocycles. The highest BCUT2D eigenvalue weighted by molar-refractivity contribution is 5.85. The van der Waals surface area contributed by atoms with E-state index in [9.17, 15) is 13.6 Å². The number of carbonyl (C=O) groups is 1. The molecule has 30 heavy (non-hydrogen) atoms. The molecular formula is C24H31F2N3O. The largest absolute Gasteiger partial charge is 0.339 e. The zero-order valence-electron chi connectivity index (χ0n) is 18.2. The molecule has 5 atom stereocenters. The Hall–Kier alpha value is -2.11. The first-order chi connectivity index (χ1) is 14.3. The van der Waals surface area contributed by atoms with Gasteiger partial charge in [0.25, 0.3) is 0 Å². The van der Waals surface area contributed by atoms with Crippen molar-refractivity contribution in [3.63, 3.8) is 0 Å². The number of likely N-dealkylation sites (tertiary alicyclic amines) is 1. The Labute approximate surface area is 177 Å². The van der Waals surface area contributed by atoms with Crippen molar-refractivity contribution in [2.75, 3.05) is 13.6 Å². The maximum atomic E-state index is 14.5. The third-order valence-electron chi connectivity index (χ3n) is 7.59. The Morgan fingerprint density at radius 1 is 1.27 bits per heavy atom. The molecule has 4 rings (SSSR count). The van der Waals surface area contributed by atoms with Gasteiger partial charge in [-0.15, -0.1) is 0 Å². The average molecular weight is 416 g/mol. The quantitative estimate of drug-likeness (QED) is 0.569. The standard InChI is InChI=1S/C24H31F2N3O/c1-14(2)16-8-10-24(3,23(30)29-11-9-15-12-21(15)29)17(16)13-20(28-27-4)22-18(25)6-5-7-19(22)26/h5-7,13-17,21H,8-12H2,1-4H3/b20-13-,28-27-/t15?,16-,17?,21?,24-/m0/s1. The number of allylic oxidation sites excluding steroid dienone is 1. The third kappa shape index (κ3) is 3.48. The summed E-state index contributed by atoms with van der Waals surface area (Å²) in [6.07, 6.45) is 5.73. The Balaban J connectivity index is 1.77. The molecule has 3 fully saturated rings. The number of rotatable bonds is 5. The molecule has 1 amide bonds. The number of hydrogen-bond acceptors (Lipinski definition) is 3. The van der Waals surface area contributed by atoms with Crippen LogP contribution in [0.15, 0.2) is 34.5 Å². The second-order valence-electron chi connectivity index (χ2n) is 9.69. The minimum absolute atomic E-state index is 0.151. The first-order valence-electron chi connectivity index (χ1n) is 11.0. The molecule has 1 aromatic rings. The number of hydrogen-bond donors (Lipinski definition) is 0. The molecular weight excluding hydrogens is 384 g/mol. The van der Waals surface area contributed by atoms with Gasteiger partial charge in [-0.05, 0) is 61.5 Å². The van der Waals surface area contributed by atoms with Crippen LogP contribution < -0.4 is 0 Å². The van der Waals surface area contributed by atoms with Gasteiger partial charge in [0, 0.05) is 19.6 Å². The average Bonchev–Trinajstić information content (AvgIpc) is 3.22. The number of nitrogens with zero attached hydrogens (tertiary/aromatic N) is 3. The molecule has 0 N–H and O–H groups in total. The summed E-state index contributed by atoms with van der Waals surface area (Å²) in [7, 11) is 1.49. The van der Waals surface area contributed by atoms with Crippen LogP contribution in [0, 0.1) is 40.7 Å². The number of halogens is 2. The molecule has 2 saturated carbocycles. The van der Waals surface area contributed by atoms with Crippen molar-refractivity contribution in [1.82, 2.24) is 4.90 Å². The highest BCUT2D eigenvalue weighted by atomic mass is 19.1. The number of carbonyl (C=O) groups excluding carboxylic acids is 1. The highest BCUT2D eigenvalue weighted by Crippen LogP contribution is 2.55. The fourth-order valence-corrected chi connectivity index (χ4v) is 5.75. The molecule has 1 saturated heterocycles. The van der Waals surface area contributed by atoms with E-state index in [1.165, 1.54) is 25.2 Å². The summed E-state index contributed by atoms with van der Waals surface area (Å²) in [4.78, 5) is 15.8. The van der Waals surface area contributed by atoms with E-state index in [1.807, 2.05) is 13.0 Å². The SMILES string of the molecule is C/N=N\C(=C/C1[C@H](C(C)C)CC[C@]1(C)C(=O)N1CCC2CC21)c1c(F)cccc1F. The Bertz CT molecular complexity index is 876. The fraction of sp³-hybridized carbons (Fsp3) is 0.625. The van der Waals surface area contributed by atoms with Crippen molar-refractivity contribution < 1.29 is 13.6 Å². The predicted molar refractivity (Wildman–Crippen MR) is 112 cm³/mol. The van der Waals surface area contributed by atoms with Gasteiger partial charge in [-0.25, -0.2) is 8.78 Å². The third-order valence-corrected chi connectivity index (χ3v) is 7.59. The molecule has 0 radical (unpaired) electrons. The van der Waals surface area contributed by atoms with Gasteiger partial charge >= 0.3 is 0 Å². The van der Waals surface area contributed by atoms with Crippen LogP contribution in [0.5, 0.6) is 0 Å². The van der Waals surface area contributed by atoms with Crippen LogP contribution in [0.4, 0.5) is 8.78 Å². The van der Waals surface area contributed by atoms with Gasteiger partial charge in [0.05, 0.1) is 16.7 Å². The molecule has 0 spiro atoms. The Morgan fingerprint density at radius 2 is 1.97 bits per heavy atom. The highest BCUT2D eigenvalue weighted by Gasteiger charge is 2.56. The maximum Gasteiger partial charge on any atom is 0.229 e. The minimum Gasteiger partial charge on any atom is -0.339 e. The van der Waals surface area contributed by atoms with Crippen molar-refractivity contribution >= 4 is 11.6 Å². The Morgan fingerprint density at radius 3 is 2.50 bits per heavy atom. The maximum absolute atomic E-state index is 14.5. The van der Waals surface area contributed by atoms with Crippen LogP contribution in [0.1, 0.15) is 52.0 Å². The number of piperidine rings is 1. The lowest BCUT2D eigenvalue weighted by atomic mass is 9.72. The van der Waals surface area contributed by atoms with Crippen LogP contribution in [0.3, 0.4) is 0 Å². The second-order valence-corrected chi connectivity index (χ2v) is 9.69. The predicted octanol–water partition coefficient (Wildman–Crippen LogP) is 5.70. The lowest BCUT2D eigenvalue weighted by Gasteiger charge is -2.36. The van der Waals surface area contributed by atoms with Gasteiger partial charge < -0.3 is 4.90 Å². The molecule has 1 aliphatic heterocycles. The van der Waals surface area contributed by atoms with Gasteiger partial charge in [0.15, 0.2) is 0 Å². The molecule has 4 nitrogen and oxygen atoms in total. The van der Waals surface area contributed by atoms with Crippen molar-refractivity contribution in [2.24, 2.45) is 39.3 Å². The molecule has 0 bridgehead atoms. The molecule has 2 aliphatic carbocycles. The van der Waals surface area contributed by atoms with E-state index < -0.39 is 17.0 Å². The molecule has 162 valence electrons. The number of azo groups is 1. The lowest BCUT2D eigenvalue weighted by Crippen LogP contribution is -2.45. The van der Waals surface area contributed by atoms with Crippen LogP contribution >= 0.6 is 0 Å². The van der Waals surface area contributed by atoms with Gasteiger partial charge in [-0.3, -0.25) is 4.79 Å². The summed E-state index contributed by atoms with van der Waals surface area (Å²) >= 11 is 0. The van der Waals surface area contributed by atoms with Crippen molar-refractivity contribution in [3.8, 4) is 0 Å². The number of amides is 1. The lowest BCUT2D eigenvalue weighted by molar-refractivity contribution is -0.142. The van der Waals surface area contributed by atoms with E-state index in [-0.39, 0.29) is 29.0 Å². The molecule has 0 aromatic heterocycles. The van der Waals surface area contributed by atoms with Crippen molar-refractivity contribution in [3.05, 3.63) is 41.5 Å². The molecule has 3 unspecified atom stereocenters. The van der Waals surface area contributed by atoms with Crippen LogP contribution in [-0.2, 0) is 4.79 Å². The summed E-state index contributed by atoms with van der Waals surface area (Å²) < 4.78 is 29.1. The fourth-order valence-electron chi connectivity index (χ4n) is 5.75. The number of benzene rings is 1. The van der Waals surface area contributed by atoms with Gasteiger partial charge in [0.1, 0.15) is 11.6 Å². The molecule has 6 heteroatoms. The van der Waals surface area contributed by atoms with E-state index >= 15 is 0 Å². The summed E-state index contributed by atoms with van der Waals surface area (Å²) in [6.45, 7) is 7.17. The van der Waals surface area contributed by atoms with Crippen LogP contribution in [0.2, 0.25) is 0 Å². The van der Waals surface area contributed by atoms with Gasteiger partial charge in [-0.1, -0.05) is 32.9 Å². The molecule has 1 aromatic carbocycles. The van der Waals surface area contributed by atoms with Gasteiger partial charge in [-0.2, -0.15) is 10.2 Å². The monoisotopic (exact) mass is 415 g/mol. The minimum atomic E-state index is -0.666. The van der Waals surface area contributed by atoms with E-state index in [4.69, 9.17) is 0 Å². The Kier molecular flexibility index (Phi) is 5.54. The smallest absolute Gasteiger partial charge is 0.229 e. The van der Waals surface area contributed by atoms with E-state index in [2.05, 4.69) is 29.0 Å². The zero-order valence-corrected chi connectivity index (χ0v) is 18.2. The normalized spacial score (nSPS) is 33.6. The topological polar surface area (TPSA) is 45.0 Å². The summed E-state index contributed by atoms with van der Waals surface area (Å²) in [5, 5.41) is 7.92. The van der Waals surface area contributed by atoms with E-state index in [0.29, 0.717) is 17.9 Å². The molecule has 3 aliphatic rings. The number of fused-ring (bicyclic) bond motifs is 1. The summed E-state index contributed by atoms with van der Waals surface area (Å²) in [6, 6.07) is 4.20. The summed E-state index contributed by atoms with van der Waals surface area (Å²) in [5.41, 5.74) is -0.589. The van der Waals surface area contributed by atoms with E-state index in [1.54, 1.807) is 0 Å². The first kappa shape index (κ1) is 21.1. The summed E-state index contributed by atoms with van der Waals surface area (Å²) in [5.74, 6) is -0.0269. The van der Waals surface area contributed by atoms with E-state index in [0.717, 1.165) is 32.2 Å².